The average molecular weight is 205 g/mol. The summed E-state index contributed by atoms with van der Waals surface area (Å²) in [7, 11) is -2.25. The van der Waals surface area contributed by atoms with E-state index in [1.54, 1.807) is 12.1 Å². The van der Waals surface area contributed by atoms with Gasteiger partial charge in [-0.15, -0.1) is 0 Å². The highest BCUT2D eigenvalue weighted by atomic mass is 35.5. The van der Waals surface area contributed by atoms with E-state index in [1.807, 2.05) is 0 Å². The van der Waals surface area contributed by atoms with Crippen LogP contribution >= 0.6 is 11.6 Å². The predicted octanol–water partition coefficient (Wildman–Crippen LogP) is 2.03. The van der Waals surface area contributed by atoms with Gasteiger partial charge in [0.25, 0.3) is 0 Å². The predicted molar refractivity (Wildman–Crippen MR) is 47.9 cm³/mol. The normalized spacial score (nSPS) is 11.5. The van der Waals surface area contributed by atoms with E-state index < -0.39 is 10.0 Å². The Morgan fingerprint density at radius 1 is 1.42 bits per heavy atom. The summed E-state index contributed by atoms with van der Waals surface area (Å²) in [5.74, 6) is 0. The largest absolute Gasteiger partial charge is 0.547 e. The number of sulfonamides is 1. The molecule has 0 unspecified atom stereocenters. The van der Waals surface area contributed by atoms with Gasteiger partial charge in [0.05, 0.1) is 0 Å². The van der Waals surface area contributed by atoms with E-state index in [2.05, 4.69) is 4.72 Å². The molecule has 0 N–H and O–H groups in total. The minimum atomic E-state index is -3.48. The SMILES string of the molecule is C[N-]S(=O)(=O)c1cccc(Cl)c1. The smallest absolute Gasteiger partial charge is 0.101 e. The van der Waals surface area contributed by atoms with Crippen LogP contribution in [0.1, 0.15) is 0 Å². The molecule has 0 radical (unpaired) electrons. The van der Waals surface area contributed by atoms with Crippen molar-refractivity contribution < 1.29 is 8.42 Å². The van der Waals surface area contributed by atoms with Crippen LogP contribution in [-0.4, -0.2) is 15.5 Å². The molecular weight excluding hydrogens is 198 g/mol. The molecule has 0 atom stereocenters. The summed E-state index contributed by atoms with van der Waals surface area (Å²) >= 11 is 5.60. The fourth-order valence-electron chi connectivity index (χ4n) is 0.733. The molecule has 0 heterocycles. The zero-order valence-corrected chi connectivity index (χ0v) is 7.93. The molecule has 0 amide bonds. The number of halogens is 1. The Labute approximate surface area is 76.4 Å². The van der Waals surface area contributed by atoms with E-state index in [0.29, 0.717) is 5.02 Å². The van der Waals surface area contributed by atoms with Gasteiger partial charge in [-0.25, -0.2) is 8.42 Å². The molecule has 0 aliphatic rings. The Kier molecular flexibility index (Phi) is 2.72. The molecule has 0 aromatic heterocycles. The molecule has 5 heteroatoms. The van der Waals surface area contributed by atoms with Gasteiger partial charge in [-0.1, -0.05) is 17.7 Å². The molecule has 0 bridgehead atoms. The van der Waals surface area contributed by atoms with Crippen LogP contribution in [0.25, 0.3) is 4.72 Å². The summed E-state index contributed by atoms with van der Waals surface area (Å²) in [5, 5.41) is 0.389. The summed E-state index contributed by atoms with van der Waals surface area (Å²) < 4.78 is 25.5. The minimum Gasteiger partial charge on any atom is -0.547 e. The van der Waals surface area contributed by atoms with E-state index in [9.17, 15) is 8.42 Å². The second-order valence-electron chi connectivity index (χ2n) is 2.12. The summed E-state index contributed by atoms with van der Waals surface area (Å²) in [6.45, 7) is 0. The van der Waals surface area contributed by atoms with Crippen molar-refractivity contribution in [2.24, 2.45) is 0 Å². The lowest BCUT2D eigenvalue weighted by molar-refractivity contribution is 0.602. The molecule has 1 aromatic rings. The Hall–Kier alpha value is -0.580. The first-order valence-electron chi connectivity index (χ1n) is 3.18. The second-order valence-corrected chi connectivity index (χ2v) is 4.34. The van der Waals surface area contributed by atoms with Crippen LogP contribution in [0, 0.1) is 0 Å². The van der Waals surface area contributed by atoms with Crippen LogP contribution in [0.15, 0.2) is 29.2 Å². The maximum atomic E-state index is 11.1. The molecule has 1 aromatic carbocycles. The van der Waals surface area contributed by atoms with Crippen molar-refractivity contribution in [2.75, 3.05) is 7.05 Å². The summed E-state index contributed by atoms with van der Waals surface area (Å²) in [4.78, 5) is 0.123. The topological polar surface area (TPSA) is 48.2 Å². The fraction of sp³-hybridized carbons (Fsp3) is 0.143. The van der Waals surface area contributed by atoms with Crippen molar-refractivity contribution in [3.05, 3.63) is 34.0 Å². The first-order chi connectivity index (χ1) is 5.56. The van der Waals surface area contributed by atoms with Gasteiger partial charge in [-0.05, 0) is 18.2 Å². The first-order valence-corrected chi connectivity index (χ1v) is 5.00. The van der Waals surface area contributed by atoms with E-state index in [1.165, 1.54) is 19.2 Å². The zero-order valence-electron chi connectivity index (χ0n) is 6.36. The lowest BCUT2D eigenvalue weighted by Crippen LogP contribution is -1.96. The Bertz CT molecular complexity index is 375. The third-order valence-corrected chi connectivity index (χ3v) is 2.90. The van der Waals surface area contributed by atoms with Crippen molar-refractivity contribution in [1.29, 1.82) is 0 Å². The zero-order chi connectivity index (χ0) is 9.19. The highest BCUT2D eigenvalue weighted by Crippen LogP contribution is 2.18. The van der Waals surface area contributed by atoms with Crippen LogP contribution in [0.3, 0.4) is 0 Å². The van der Waals surface area contributed by atoms with Crippen LogP contribution in [0.4, 0.5) is 0 Å². The molecule has 3 nitrogen and oxygen atoms in total. The van der Waals surface area contributed by atoms with Crippen molar-refractivity contribution in [3.63, 3.8) is 0 Å². The van der Waals surface area contributed by atoms with Crippen molar-refractivity contribution in [2.45, 2.75) is 4.90 Å². The molecule has 0 fully saturated rings. The van der Waals surface area contributed by atoms with Crippen molar-refractivity contribution in [1.82, 2.24) is 0 Å². The molecular formula is C7H7ClNO2S-. The Morgan fingerprint density at radius 3 is 2.58 bits per heavy atom. The lowest BCUT2D eigenvalue weighted by Gasteiger charge is -2.13. The fourth-order valence-corrected chi connectivity index (χ4v) is 1.73. The van der Waals surface area contributed by atoms with Gasteiger partial charge in [-0.3, -0.25) is 0 Å². The first kappa shape index (κ1) is 9.51. The summed E-state index contributed by atoms with van der Waals surface area (Å²) in [5.41, 5.74) is 0. The summed E-state index contributed by atoms with van der Waals surface area (Å²) in [6, 6.07) is 5.99. The average Bonchev–Trinajstić information content (AvgIpc) is 2.05. The number of benzene rings is 1. The minimum absolute atomic E-state index is 0.123. The Balaban J connectivity index is 3.21. The number of hydrogen-bond acceptors (Lipinski definition) is 2. The van der Waals surface area contributed by atoms with Crippen molar-refractivity contribution in [3.8, 4) is 0 Å². The number of hydrogen-bond donors (Lipinski definition) is 0. The third-order valence-electron chi connectivity index (χ3n) is 1.33. The molecule has 0 spiro atoms. The molecule has 0 aliphatic carbocycles. The van der Waals surface area contributed by atoms with Crippen LogP contribution < -0.4 is 0 Å². The monoisotopic (exact) mass is 204 g/mol. The highest BCUT2D eigenvalue weighted by molar-refractivity contribution is 7.94. The molecule has 0 aliphatic heterocycles. The van der Waals surface area contributed by atoms with E-state index >= 15 is 0 Å². The summed E-state index contributed by atoms with van der Waals surface area (Å²) in [6.07, 6.45) is 0. The molecule has 12 heavy (non-hydrogen) atoms. The van der Waals surface area contributed by atoms with Crippen LogP contribution in [0.2, 0.25) is 5.02 Å². The van der Waals surface area contributed by atoms with Gasteiger partial charge < -0.3 is 4.72 Å². The van der Waals surface area contributed by atoms with Crippen molar-refractivity contribution >= 4 is 21.6 Å². The third kappa shape index (κ3) is 1.97. The van der Waals surface area contributed by atoms with Gasteiger partial charge in [0.15, 0.2) is 0 Å². The van der Waals surface area contributed by atoms with Gasteiger partial charge in [-0.2, -0.15) is 7.05 Å². The van der Waals surface area contributed by atoms with Crippen LogP contribution in [-0.2, 0) is 10.0 Å². The van der Waals surface area contributed by atoms with Gasteiger partial charge in [0.1, 0.15) is 10.0 Å². The quantitative estimate of drug-likeness (QED) is 0.740. The van der Waals surface area contributed by atoms with E-state index in [0.717, 1.165) is 0 Å². The molecule has 0 saturated carbocycles. The lowest BCUT2D eigenvalue weighted by atomic mass is 10.4. The van der Waals surface area contributed by atoms with E-state index in [-0.39, 0.29) is 4.90 Å². The van der Waals surface area contributed by atoms with E-state index in [4.69, 9.17) is 11.6 Å². The molecule has 0 saturated heterocycles. The highest BCUT2D eigenvalue weighted by Gasteiger charge is 2.01. The number of rotatable bonds is 2. The van der Waals surface area contributed by atoms with Gasteiger partial charge in [0.2, 0.25) is 0 Å². The molecule has 1 rings (SSSR count). The second kappa shape index (κ2) is 3.43. The van der Waals surface area contributed by atoms with Gasteiger partial charge >= 0.3 is 0 Å². The van der Waals surface area contributed by atoms with Gasteiger partial charge in [0, 0.05) is 9.92 Å². The maximum absolute atomic E-state index is 11.1. The molecule has 66 valence electrons. The maximum Gasteiger partial charge on any atom is 0.101 e. The number of nitrogens with zero attached hydrogens (tertiary/aromatic N) is 1. The van der Waals surface area contributed by atoms with Crippen LogP contribution in [0.5, 0.6) is 0 Å². The standard InChI is InChI=1S/C7H7ClNO2S/c1-9-12(10,11)7-4-2-3-6(8)5-7/h2-5H,1H3/q-1. The Morgan fingerprint density at radius 2 is 2.08 bits per heavy atom.